The molecular weight excluding hydrogens is 214 g/mol. The molecule has 3 nitrogen and oxygen atoms in total. The molecule has 1 aromatic carbocycles. The Morgan fingerprint density at radius 2 is 1.82 bits per heavy atom. The van der Waals surface area contributed by atoms with Crippen LogP contribution in [0.5, 0.6) is 5.75 Å². The monoisotopic (exact) mass is 233 g/mol. The van der Waals surface area contributed by atoms with Crippen LogP contribution in [0.25, 0.3) is 0 Å². The quantitative estimate of drug-likeness (QED) is 0.751. The molecule has 0 radical (unpaired) electrons. The summed E-state index contributed by atoms with van der Waals surface area (Å²) in [6.07, 6.45) is 0. The molecule has 1 aliphatic rings. The Bertz CT molecular complexity index is 411. The van der Waals surface area contributed by atoms with Crippen LogP contribution >= 0.6 is 0 Å². The minimum atomic E-state index is 0.136. The first-order valence-electron chi connectivity index (χ1n) is 6.03. The van der Waals surface area contributed by atoms with Gasteiger partial charge in [0, 0.05) is 5.69 Å². The van der Waals surface area contributed by atoms with Gasteiger partial charge in [0.25, 0.3) is 0 Å². The summed E-state index contributed by atoms with van der Waals surface area (Å²) in [6.45, 7) is 6.32. The number of ether oxygens (including phenoxy) is 1. The normalized spacial score (nSPS) is 23.8. The third-order valence-electron chi connectivity index (χ3n) is 3.47. The second kappa shape index (κ2) is 4.40. The van der Waals surface area contributed by atoms with Crippen molar-refractivity contribution in [2.75, 3.05) is 12.0 Å². The lowest BCUT2D eigenvalue weighted by molar-refractivity contribution is -0.130. The van der Waals surface area contributed by atoms with Crippen LogP contribution < -0.4 is 9.64 Å². The predicted octanol–water partition coefficient (Wildman–Crippen LogP) is 2.70. The molecule has 1 aliphatic heterocycles. The van der Waals surface area contributed by atoms with Crippen molar-refractivity contribution in [3.8, 4) is 5.75 Å². The van der Waals surface area contributed by atoms with Gasteiger partial charge in [0.1, 0.15) is 5.75 Å². The standard InChI is InChI=1S/C14H19NO2/c1-9(2)13-10(3)14(16)15(13)11-5-7-12(17-4)8-6-11/h5-10,13H,1-4H3/t10-,13-/m0/s1. The molecule has 1 aromatic rings. The van der Waals surface area contributed by atoms with Crippen molar-refractivity contribution in [3.05, 3.63) is 24.3 Å². The van der Waals surface area contributed by atoms with Crippen LogP contribution in [0.3, 0.4) is 0 Å². The number of nitrogens with zero attached hydrogens (tertiary/aromatic N) is 1. The van der Waals surface area contributed by atoms with Crippen LogP contribution in [-0.2, 0) is 4.79 Å². The van der Waals surface area contributed by atoms with Crippen LogP contribution in [0, 0.1) is 11.8 Å². The maximum atomic E-state index is 11.9. The lowest BCUT2D eigenvalue weighted by atomic mass is 9.81. The topological polar surface area (TPSA) is 29.5 Å². The van der Waals surface area contributed by atoms with Crippen LogP contribution in [0.1, 0.15) is 20.8 Å². The van der Waals surface area contributed by atoms with Crippen molar-refractivity contribution in [3.63, 3.8) is 0 Å². The third kappa shape index (κ3) is 1.90. The van der Waals surface area contributed by atoms with Gasteiger partial charge in [-0.25, -0.2) is 0 Å². The molecule has 2 atom stereocenters. The summed E-state index contributed by atoms with van der Waals surface area (Å²) in [5.74, 6) is 1.65. The fraction of sp³-hybridized carbons (Fsp3) is 0.500. The molecule has 2 rings (SSSR count). The second-order valence-corrected chi connectivity index (χ2v) is 4.93. The predicted molar refractivity (Wildman–Crippen MR) is 68.3 cm³/mol. The minimum absolute atomic E-state index is 0.136. The molecule has 0 N–H and O–H groups in total. The smallest absolute Gasteiger partial charge is 0.232 e. The molecule has 1 saturated heterocycles. The lowest BCUT2D eigenvalue weighted by Crippen LogP contribution is -2.62. The molecule has 3 heteroatoms. The van der Waals surface area contributed by atoms with E-state index in [4.69, 9.17) is 4.74 Å². The van der Waals surface area contributed by atoms with Gasteiger partial charge < -0.3 is 9.64 Å². The highest BCUT2D eigenvalue weighted by atomic mass is 16.5. The number of hydrogen-bond acceptors (Lipinski definition) is 2. The van der Waals surface area contributed by atoms with E-state index in [1.165, 1.54) is 0 Å². The maximum Gasteiger partial charge on any atom is 0.232 e. The second-order valence-electron chi connectivity index (χ2n) is 4.93. The first kappa shape index (κ1) is 12.0. The summed E-state index contributed by atoms with van der Waals surface area (Å²) >= 11 is 0. The Labute approximate surface area is 102 Å². The molecule has 0 aromatic heterocycles. The largest absolute Gasteiger partial charge is 0.497 e. The van der Waals surface area contributed by atoms with Crippen molar-refractivity contribution >= 4 is 11.6 Å². The number of methoxy groups -OCH3 is 1. The van der Waals surface area contributed by atoms with Gasteiger partial charge in [0.15, 0.2) is 0 Å². The van der Waals surface area contributed by atoms with Gasteiger partial charge in [-0.15, -0.1) is 0 Å². The maximum absolute atomic E-state index is 11.9. The number of anilines is 1. The van der Waals surface area contributed by atoms with Gasteiger partial charge in [-0.3, -0.25) is 4.79 Å². The van der Waals surface area contributed by atoms with E-state index in [0.717, 1.165) is 11.4 Å². The van der Waals surface area contributed by atoms with Gasteiger partial charge in [-0.05, 0) is 30.2 Å². The van der Waals surface area contributed by atoms with Crippen molar-refractivity contribution < 1.29 is 9.53 Å². The van der Waals surface area contributed by atoms with Gasteiger partial charge in [0.2, 0.25) is 5.91 Å². The first-order chi connectivity index (χ1) is 8.06. The fourth-order valence-corrected chi connectivity index (χ4v) is 2.57. The number of benzene rings is 1. The van der Waals surface area contributed by atoms with E-state index < -0.39 is 0 Å². The van der Waals surface area contributed by atoms with Crippen molar-refractivity contribution in [1.82, 2.24) is 0 Å². The summed E-state index contributed by atoms with van der Waals surface area (Å²) in [5.41, 5.74) is 0.965. The third-order valence-corrected chi connectivity index (χ3v) is 3.47. The Hall–Kier alpha value is -1.51. The molecule has 17 heavy (non-hydrogen) atoms. The Kier molecular flexibility index (Phi) is 3.09. The molecule has 0 bridgehead atoms. The average molecular weight is 233 g/mol. The highest BCUT2D eigenvalue weighted by Crippen LogP contribution is 2.36. The summed E-state index contributed by atoms with van der Waals surface area (Å²) in [4.78, 5) is 13.8. The van der Waals surface area contributed by atoms with Crippen LogP contribution in [0.4, 0.5) is 5.69 Å². The molecule has 0 spiro atoms. The molecule has 0 aliphatic carbocycles. The van der Waals surface area contributed by atoms with E-state index in [-0.39, 0.29) is 11.8 Å². The zero-order chi connectivity index (χ0) is 12.6. The molecule has 0 saturated carbocycles. The summed E-state index contributed by atoms with van der Waals surface area (Å²) in [5, 5.41) is 0. The van der Waals surface area contributed by atoms with Crippen molar-refractivity contribution in [2.24, 2.45) is 11.8 Å². The van der Waals surface area contributed by atoms with Crippen molar-refractivity contribution in [2.45, 2.75) is 26.8 Å². The highest BCUT2D eigenvalue weighted by molar-refractivity contribution is 6.02. The van der Waals surface area contributed by atoms with Crippen molar-refractivity contribution in [1.29, 1.82) is 0 Å². The van der Waals surface area contributed by atoms with Crippen LogP contribution in [0.2, 0.25) is 0 Å². The molecule has 1 heterocycles. The summed E-state index contributed by atoms with van der Waals surface area (Å²) in [6, 6.07) is 7.98. The van der Waals surface area contributed by atoms with Gasteiger partial charge in [-0.2, -0.15) is 0 Å². The number of carbonyl (C=O) groups excluding carboxylic acids is 1. The van der Waals surface area contributed by atoms with E-state index in [0.29, 0.717) is 12.0 Å². The van der Waals surface area contributed by atoms with Gasteiger partial charge in [-0.1, -0.05) is 20.8 Å². The number of carbonyl (C=O) groups is 1. The van der Waals surface area contributed by atoms with E-state index in [1.807, 2.05) is 36.1 Å². The zero-order valence-corrected chi connectivity index (χ0v) is 10.8. The Balaban J connectivity index is 2.23. The summed E-state index contributed by atoms with van der Waals surface area (Å²) in [7, 11) is 1.64. The van der Waals surface area contributed by atoms with Crippen LogP contribution in [0.15, 0.2) is 24.3 Å². The zero-order valence-electron chi connectivity index (χ0n) is 10.8. The SMILES string of the molecule is COc1ccc(N2C(=O)[C@@H](C)[C@@H]2C(C)C)cc1. The number of rotatable bonds is 3. The molecule has 1 fully saturated rings. The molecule has 0 unspecified atom stereocenters. The number of amides is 1. The summed E-state index contributed by atoms with van der Waals surface area (Å²) < 4.78 is 5.12. The highest BCUT2D eigenvalue weighted by Gasteiger charge is 2.46. The first-order valence-corrected chi connectivity index (χ1v) is 6.03. The van der Waals surface area contributed by atoms with E-state index in [2.05, 4.69) is 13.8 Å². The lowest BCUT2D eigenvalue weighted by Gasteiger charge is -2.48. The Morgan fingerprint density at radius 3 is 2.29 bits per heavy atom. The van der Waals surface area contributed by atoms with Gasteiger partial charge in [0.05, 0.1) is 19.1 Å². The molecule has 1 amide bonds. The number of β-lactam (4-membered cyclic amide) rings is 1. The van der Waals surface area contributed by atoms with Crippen LogP contribution in [-0.4, -0.2) is 19.1 Å². The minimum Gasteiger partial charge on any atom is -0.497 e. The fourth-order valence-electron chi connectivity index (χ4n) is 2.57. The van der Waals surface area contributed by atoms with E-state index >= 15 is 0 Å². The number of hydrogen-bond donors (Lipinski definition) is 0. The Morgan fingerprint density at radius 1 is 1.24 bits per heavy atom. The van der Waals surface area contributed by atoms with E-state index in [9.17, 15) is 4.79 Å². The average Bonchev–Trinajstić information content (AvgIpc) is 2.34. The van der Waals surface area contributed by atoms with E-state index in [1.54, 1.807) is 7.11 Å². The van der Waals surface area contributed by atoms with Gasteiger partial charge >= 0.3 is 0 Å². The molecule has 92 valence electrons. The molecular formula is C14H19NO2.